The molecule has 0 aliphatic heterocycles. The second-order valence-electron chi connectivity index (χ2n) is 0.600. The molecule has 0 unspecified atom stereocenters. The Morgan fingerprint density at radius 2 is 1.00 bits per heavy atom. The number of rotatable bonds is 0. The summed E-state index contributed by atoms with van der Waals surface area (Å²) in [4.78, 5) is 29.3. The average Bonchev–Trinajstić information content (AvgIpc) is 0.722. The quantitative estimate of drug-likeness (QED) is 0.283. The van der Waals surface area contributed by atoms with E-state index in [9.17, 15) is 0 Å². The molecular formula is H10BCaO4Si2. The smallest absolute Gasteiger partial charge is 1.00 e. The van der Waals surface area contributed by atoms with Crippen LogP contribution in [-0.2, 0) is 0 Å². The molecule has 0 atom stereocenters. The number of hydrogen-bond acceptors (Lipinski definition) is 4. The van der Waals surface area contributed by atoms with Crippen molar-refractivity contribution in [3.8, 4) is 0 Å². The molecule has 47 valence electrons. The standard InChI is InChI=1S/B.Ca.H4O4Si.H4Si.2H/c;;1-5(2,3)4;;;/h;;1-4H;1H4;;/q;+2;;;2*-1. The molecule has 8 heavy (non-hydrogen) atoms. The van der Waals surface area contributed by atoms with E-state index < -0.39 is 9.05 Å². The molecule has 0 aliphatic carbocycles. The SMILES string of the molecule is O[Si](O)(O)O.[B].[Ca+2].[H-].[H-].[SiH4]. The molecule has 0 saturated heterocycles. The van der Waals surface area contributed by atoms with Crippen molar-refractivity contribution in [3.05, 3.63) is 0 Å². The summed E-state index contributed by atoms with van der Waals surface area (Å²) in [6, 6.07) is 0. The van der Waals surface area contributed by atoms with E-state index in [-0.39, 0.29) is 60.0 Å². The van der Waals surface area contributed by atoms with Crippen LogP contribution in [-0.4, -0.2) is 85.3 Å². The van der Waals surface area contributed by atoms with Gasteiger partial charge in [-0.2, -0.15) is 0 Å². The van der Waals surface area contributed by atoms with Crippen molar-refractivity contribution in [2.24, 2.45) is 0 Å². The third-order valence-corrected chi connectivity index (χ3v) is 0. The third-order valence-electron chi connectivity index (χ3n) is 0. The number of hydrogen-bond donors (Lipinski definition) is 4. The van der Waals surface area contributed by atoms with Gasteiger partial charge in [-0.3, -0.25) is 0 Å². The summed E-state index contributed by atoms with van der Waals surface area (Å²) >= 11 is 0. The van der Waals surface area contributed by atoms with E-state index in [1.165, 1.54) is 0 Å². The van der Waals surface area contributed by atoms with E-state index >= 15 is 0 Å². The van der Waals surface area contributed by atoms with Gasteiger partial charge in [0.2, 0.25) is 0 Å². The van der Waals surface area contributed by atoms with Gasteiger partial charge in [0, 0.05) is 8.41 Å². The molecule has 4 nitrogen and oxygen atoms in total. The van der Waals surface area contributed by atoms with E-state index in [0.29, 0.717) is 0 Å². The monoisotopic (exact) mass is 181 g/mol. The topological polar surface area (TPSA) is 80.9 Å². The van der Waals surface area contributed by atoms with Gasteiger partial charge in [-0.25, -0.2) is 0 Å². The molecule has 0 spiro atoms. The molecule has 0 aromatic rings. The second-order valence-corrected chi connectivity index (χ2v) is 1.80. The molecule has 0 aromatic heterocycles. The van der Waals surface area contributed by atoms with Crippen molar-refractivity contribution in [2.75, 3.05) is 0 Å². The molecule has 0 heterocycles. The van der Waals surface area contributed by atoms with Gasteiger partial charge in [-0.1, -0.05) is 0 Å². The molecule has 0 amide bonds. The Bertz CT molecular complexity index is 36.7. The molecule has 4 N–H and O–H groups in total. The fourth-order valence-corrected chi connectivity index (χ4v) is 0. The summed E-state index contributed by atoms with van der Waals surface area (Å²) < 4.78 is 0. The summed E-state index contributed by atoms with van der Waals surface area (Å²) in [6.45, 7) is 0. The van der Waals surface area contributed by atoms with E-state index in [2.05, 4.69) is 0 Å². The molecular weight excluding hydrogens is 171 g/mol. The zero-order chi connectivity index (χ0) is 4.50. The van der Waals surface area contributed by atoms with Crippen LogP contribution in [0.1, 0.15) is 2.85 Å². The summed E-state index contributed by atoms with van der Waals surface area (Å²) in [5.41, 5.74) is 0. The maximum atomic E-state index is 7.33. The minimum Gasteiger partial charge on any atom is -1.00 e. The van der Waals surface area contributed by atoms with Crippen molar-refractivity contribution < 1.29 is 22.0 Å². The molecule has 0 aromatic carbocycles. The van der Waals surface area contributed by atoms with Crippen molar-refractivity contribution in [2.45, 2.75) is 0 Å². The van der Waals surface area contributed by atoms with Crippen LogP contribution in [0.15, 0.2) is 0 Å². The van der Waals surface area contributed by atoms with Crippen LogP contribution < -0.4 is 0 Å². The van der Waals surface area contributed by atoms with E-state index in [1.807, 2.05) is 0 Å². The van der Waals surface area contributed by atoms with Gasteiger partial charge < -0.3 is 22.0 Å². The Balaban J connectivity index is -0.00000000800. The van der Waals surface area contributed by atoms with Crippen LogP contribution >= 0.6 is 0 Å². The first-order chi connectivity index (χ1) is 2.00. The van der Waals surface area contributed by atoms with Gasteiger partial charge >= 0.3 is 46.8 Å². The fourth-order valence-electron chi connectivity index (χ4n) is 0. The molecule has 3 radical (unpaired) electrons. The minimum absolute atomic E-state index is 0. The Kier molecular flexibility index (Phi) is 24.3. The van der Waals surface area contributed by atoms with Gasteiger partial charge in [0.05, 0.1) is 0 Å². The first kappa shape index (κ1) is 22.6. The van der Waals surface area contributed by atoms with Crippen molar-refractivity contribution >= 4 is 66.2 Å². The summed E-state index contributed by atoms with van der Waals surface area (Å²) in [7, 11) is -4.61. The van der Waals surface area contributed by atoms with Crippen LogP contribution in [0.3, 0.4) is 0 Å². The third kappa shape index (κ3) is 129. The predicted molar refractivity (Wildman–Crippen MR) is 39.7 cm³/mol. The summed E-state index contributed by atoms with van der Waals surface area (Å²) in [6.07, 6.45) is 0. The normalized spacial score (nSPS) is 7.50. The molecule has 0 saturated carbocycles. The minimum atomic E-state index is -4.61. The Labute approximate surface area is 87.6 Å². The van der Waals surface area contributed by atoms with Crippen molar-refractivity contribution in [1.29, 1.82) is 0 Å². The summed E-state index contributed by atoms with van der Waals surface area (Å²) in [5.74, 6) is 0. The van der Waals surface area contributed by atoms with E-state index in [4.69, 9.17) is 19.2 Å². The molecule has 8 heteroatoms. The predicted octanol–water partition coefficient (Wildman–Crippen LogP) is -4.60. The maximum Gasteiger partial charge on any atom is 2.00 e. The van der Waals surface area contributed by atoms with Crippen molar-refractivity contribution in [1.82, 2.24) is 0 Å². The van der Waals surface area contributed by atoms with Crippen LogP contribution in [0.2, 0.25) is 0 Å². The first-order valence-corrected chi connectivity index (χ1v) is 2.68. The largest absolute Gasteiger partial charge is 2.00 e. The van der Waals surface area contributed by atoms with Crippen LogP contribution in [0.25, 0.3) is 0 Å². The fraction of sp³-hybridized carbons (Fsp3) is 0. The van der Waals surface area contributed by atoms with Crippen LogP contribution in [0.5, 0.6) is 0 Å². The molecule has 0 aliphatic rings. The summed E-state index contributed by atoms with van der Waals surface area (Å²) in [5, 5.41) is 0. The van der Waals surface area contributed by atoms with Crippen molar-refractivity contribution in [3.63, 3.8) is 0 Å². The van der Waals surface area contributed by atoms with Gasteiger partial charge in [-0.15, -0.1) is 0 Å². The van der Waals surface area contributed by atoms with E-state index in [1.54, 1.807) is 0 Å². The zero-order valence-corrected chi connectivity index (χ0v) is 6.78. The van der Waals surface area contributed by atoms with Gasteiger partial charge in [0.25, 0.3) is 0 Å². The second kappa shape index (κ2) is 8.60. The van der Waals surface area contributed by atoms with Gasteiger partial charge in [0.15, 0.2) is 0 Å². The Morgan fingerprint density at radius 3 is 1.00 bits per heavy atom. The Morgan fingerprint density at radius 1 is 1.00 bits per heavy atom. The van der Waals surface area contributed by atoms with Gasteiger partial charge in [0.1, 0.15) is 0 Å². The Hall–Kier alpha value is 1.60. The first-order valence-electron chi connectivity index (χ1n) is 0.894. The molecule has 0 rings (SSSR count). The van der Waals surface area contributed by atoms with Crippen LogP contribution in [0, 0.1) is 0 Å². The molecule has 0 fully saturated rings. The van der Waals surface area contributed by atoms with Gasteiger partial charge in [-0.05, 0) is 11.0 Å². The average molecular weight is 181 g/mol. The zero-order valence-electron chi connectivity index (χ0n) is 5.57. The molecule has 0 bridgehead atoms. The van der Waals surface area contributed by atoms with E-state index in [0.717, 1.165) is 0 Å². The van der Waals surface area contributed by atoms with Crippen LogP contribution in [0.4, 0.5) is 0 Å². The maximum absolute atomic E-state index is 7.33.